The molecule has 0 radical (unpaired) electrons. The lowest BCUT2D eigenvalue weighted by atomic mass is 10.2. The van der Waals surface area contributed by atoms with Crippen LogP contribution in [0.1, 0.15) is 13.8 Å². The van der Waals surface area contributed by atoms with Crippen molar-refractivity contribution in [2.24, 2.45) is 5.92 Å². The molecule has 1 rings (SSSR count). The summed E-state index contributed by atoms with van der Waals surface area (Å²) in [6, 6.07) is 2.67. The maximum atomic E-state index is 13.2. The first-order valence-electron chi connectivity index (χ1n) is 5.44. The van der Waals surface area contributed by atoms with Crippen LogP contribution in [0.4, 0.5) is 14.5 Å². The average molecular weight is 256 g/mol. The van der Waals surface area contributed by atoms with Gasteiger partial charge in [-0.3, -0.25) is 9.59 Å². The van der Waals surface area contributed by atoms with Gasteiger partial charge in [0.2, 0.25) is 0 Å². The normalized spacial score (nSPS) is 10.3. The molecule has 2 amide bonds. The van der Waals surface area contributed by atoms with Crippen LogP contribution >= 0.6 is 0 Å². The number of carbonyl (C=O) groups is 2. The zero-order valence-corrected chi connectivity index (χ0v) is 10.1. The molecule has 0 spiro atoms. The fourth-order valence-corrected chi connectivity index (χ4v) is 1.15. The molecule has 0 bridgehead atoms. The van der Waals surface area contributed by atoms with Crippen molar-refractivity contribution in [2.75, 3.05) is 11.9 Å². The van der Waals surface area contributed by atoms with E-state index < -0.39 is 23.4 Å². The van der Waals surface area contributed by atoms with Crippen molar-refractivity contribution in [1.29, 1.82) is 0 Å². The van der Waals surface area contributed by atoms with E-state index in [2.05, 4.69) is 10.6 Å². The van der Waals surface area contributed by atoms with Crippen molar-refractivity contribution in [3.63, 3.8) is 0 Å². The van der Waals surface area contributed by atoms with Gasteiger partial charge in [-0.25, -0.2) is 8.78 Å². The largest absolute Gasteiger partial charge is 0.348 e. The summed E-state index contributed by atoms with van der Waals surface area (Å²) in [5.41, 5.74) is -0.235. The van der Waals surface area contributed by atoms with E-state index in [-0.39, 0.29) is 11.6 Å². The summed E-state index contributed by atoms with van der Waals surface area (Å²) in [6.45, 7) is 4.09. The molecular formula is C12H14F2N2O2. The minimum absolute atomic E-state index is 0.198. The van der Waals surface area contributed by atoms with Crippen LogP contribution in [0, 0.1) is 17.6 Å². The number of rotatable bonds is 3. The van der Waals surface area contributed by atoms with Crippen molar-refractivity contribution < 1.29 is 18.4 Å². The van der Waals surface area contributed by atoms with Gasteiger partial charge in [0.15, 0.2) is 0 Å². The second kappa shape index (κ2) is 6.09. The van der Waals surface area contributed by atoms with Crippen LogP contribution < -0.4 is 10.6 Å². The van der Waals surface area contributed by atoms with Crippen molar-refractivity contribution in [3.05, 3.63) is 29.8 Å². The van der Waals surface area contributed by atoms with Gasteiger partial charge in [0.25, 0.3) is 0 Å². The predicted molar refractivity (Wildman–Crippen MR) is 62.8 cm³/mol. The molecule has 6 heteroatoms. The lowest BCUT2D eigenvalue weighted by molar-refractivity contribution is -0.136. The SMILES string of the molecule is CC(C)CNC(=O)C(=O)Nc1ccc(F)cc1F. The van der Waals surface area contributed by atoms with E-state index in [9.17, 15) is 18.4 Å². The van der Waals surface area contributed by atoms with E-state index in [0.29, 0.717) is 12.6 Å². The lowest BCUT2D eigenvalue weighted by Gasteiger charge is -2.08. The van der Waals surface area contributed by atoms with Crippen LogP contribution in [0.15, 0.2) is 18.2 Å². The highest BCUT2D eigenvalue weighted by Crippen LogP contribution is 2.14. The van der Waals surface area contributed by atoms with E-state index in [1.165, 1.54) is 0 Å². The molecule has 1 aromatic rings. The minimum atomic E-state index is -0.985. The van der Waals surface area contributed by atoms with E-state index in [0.717, 1.165) is 12.1 Å². The number of amides is 2. The number of carbonyl (C=O) groups excluding carboxylic acids is 2. The molecule has 1 aromatic carbocycles. The number of benzene rings is 1. The smallest absolute Gasteiger partial charge is 0.313 e. The van der Waals surface area contributed by atoms with Crippen molar-refractivity contribution >= 4 is 17.5 Å². The number of halogens is 2. The van der Waals surface area contributed by atoms with Gasteiger partial charge in [-0.2, -0.15) is 0 Å². The monoisotopic (exact) mass is 256 g/mol. The summed E-state index contributed by atoms with van der Waals surface area (Å²) < 4.78 is 25.8. The van der Waals surface area contributed by atoms with Crippen molar-refractivity contribution in [1.82, 2.24) is 5.32 Å². The molecule has 2 N–H and O–H groups in total. The van der Waals surface area contributed by atoms with Gasteiger partial charge in [-0.15, -0.1) is 0 Å². The van der Waals surface area contributed by atoms with Crippen LogP contribution in [0.5, 0.6) is 0 Å². The van der Waals surface area contributed by atoms with Gasteiger partial charge >= 0.3 is 11.8 Å². The standard InChI is InChI=1S/C12H14F2N2O2/c1-7(2)6-15-11(17)12(18)16-10-4-3-8(13)5-9(10)14/h3-5,7H,6H2,1-2H3,(H,15,17)(H,16,18). The summed E-state index contributed by atoms with van der Waals surface area (Å²) in [5.74, 6) is -3.33. The molecule has 0 aliphatic rings. The molecule has 0 heterocycles. The molecular weight excluding hydrogens is 242 g/mol. The quantitative estimate of drug-likeness (QED) is 0.808. The molecule has 0 aliphatic carbocycles. The third-order valence-corrected chi connectivity index (χ3v) is 2.06. The first-order valence-corrected chi connectivity index (χ1v) is 5.44. The topological polar surface area (TPSA) is 58.2 Å². The Morgan fingerprint density at radius 2 is 1.89 bits per heavy atom. The Bertz CT molecular complexity index is 461. The zero-order valence-electron chi connectivity index (χ0n) is 10.1. The van der Waals surface area contributed by atoms with Crippen LogP contribution in [0.25, 0.3) is 0 Å². The van der Waals surface area contributed by atoms with Crippen LogP contribution in [0.2, 0.25) is 0 Å². The van der Waals surface area contributed by atoms with E-state index >= 15 is 0 Å². The molecule has 0 saturated carbocycles. The Kier molecular flexibility index (Phi) is 4.76. The highest BCUT2D eigenvalue weighted by Gasteiger charge is 2.15. The number of hydrogen-bond acceptors (Lipinski definition) is 2. The Labute approximate surface area is 103 Å². The van der Waals surface area contributed by atoms with Gasteiger partial charge in [0, 0.05) is 12.6 Å². The Balaban J connectivity index is 2.61. The molecule has 0 fully saturated rings. The maximum Gasteiger partial charge on any atom is 0.313 e. The van der Waals surface area contributed by atoms with Gasteiger partial charge < -0.3 is 10.6 Å². The molecule has 98 valence electrons. The minimum Gasteiger partial charge on any atom is -0.348 e. The molecule has 18 heavy (non-hydrogen) atoms. The predicted octanol–water partition coefficient (Wildman–Crippen LogP) is 1.68. The molecule has 0 atom stereocenters. The third kappa shape index (κ3) is 4.12. The summed E-state index contributed by atoms with van der Waals surface area (Å²) in [4.78, 5) is 22.7. The summed E-state index contributed by atoms with van der Waals surface area (Å²) in [6.07, 6.45) is 0. The Hall–Kier alpha value is -1.98. The van der Waals surface area contributed by atoms with Gasteiger partial charge in [-0.05, 0) is 18.1 Å². The Morgan fingerprint density at radius 1 is 1.22 bits per heavy atom. The van der Waals surface area contributed by atoms with Crippen molar-refractivity contribution in [2.45, 2.75) is 13.8 Å². The Morgan fingerprint density at radius 3 is 2.44 bits per heavy atom. The lowest BCUT2D eigenvalue weighted by Crippen LogP contribution is -2.37. The molecule has 0 saturated heterocycles. The van der Waals surface area contributed by atoms with Crippen LogP contribution in [-0.4, -0.2) is 18.4 Å². The number of hydrogen-bond donors (Lipinski definition) is 2. The second-order valence-corrected chi connectivity index (χ2v) is 4.18. The molecule has 0 aliphatic heterocycles. The van der Waals surface area contributed by atoms with E-state index in [4.69, 9.17) is 0 Å². The first kappa shape index (κ1) is 14.1. The summed E-state index contributed by atoms with van der Waals surface area (Å²) >= 11 is 0. The van der Waals surface area contributed by atoms with Gasteiger partial charge in [0.1, 0.15) is 11.6 Å². The van der Waals surface area contributed by atoms with E-state index in [1.807, 2.05) is 13.8 Å². The van der Waals surface area contributed by atoms with Gasteiger partial charge in [0.05, 0.1) is 5.69 Å². The average Bonchev–Trinajstić information content (AvgIpc) is 2.29. The fraction of sp³-hybridized carbons (Fsp3) is 0.333. The van der Waals surface area contributed by atoms with Crippen LogP contribution in [-0.2, 0) is 9.59 Å². The molecule has 4 nitrogen and oxygen atoms in total. The second-order valence-electron chi connectivity index (χ2n) is 4.18. The fourth-order valence-electron chi connectivity index (χ4n) is 1.15. The molecule has 0 aromatic heterocycles. The third-order valence-electron chi connectivity index (χ3n) is 2.06. The van der Waals surface area contributed by atoms with Crippen molar-refractivity contribution in [3.8, 4) is 0 Å². The summed E-state index contributed by atoms with van der Waals surface area (Å²) in [7, 11) is 0. The van der Waals surface area contributed by atoms with E-state index in [1.54, 1.807) is 0 Å². The number of anilines is 1. The highest BCUT2D eigenvalue weighted by molar-refractivity contribution is 6.39. The van der Waals surface area contributed by atoms with Crippen LogP contribution in [0.3, 0.4) is 0 Å². The summed E-state index contributed by atoms with van der Waals surface area (Å²) in [5, 5.41) is 4.45. The zero-order chi connectivity index (χ0) is 13.7. The number of nitrogens with one attached hydrogen (secondary N) is 2. The highest BCUT2D eigenvalue weighted by atomic mass is 19.1. The first-order chi connectivity index (χ1) is 8.40. The molecule has 0 unspecified atom stereocenters. The maximum absolute atomic E-state index is 13.2. The van der Waals surface area contributed by atoms with Gasteiger partial charge in [-0.1, -0.05) is 13.8 Å².